The van der Waals surface area contributed by atoms with Crippen LogP contribution in [0.2, 0.25) is 0 Å². The van der Waals surface area contributed by atoms with Gasteiger partial charge in [-0.2, -0.15) is 13.2 Å². The van der Waals surface area contributed by atoms with Crippen molar-refractivity contribution >= 4 is 5.97 Å². The highest BCUT2D eigenvalue weighted by Gasteiger charge is 2.45. The fourth-order valence-electron chi connectivity index (χ4n) is 1.83. The predicted octanol–water partition coefficient (Wildman–Crippen LogP) is 3.80. The zero-order chi connectivity index (χ0) is 15.8. The Morgan fingerprint density at radius 3 is 2.25 bits per heavy atom. The van der Waals surface area contributed by atoms with Crippen molar-refractivity contribution in [2.24, 2.45) is 11.7 Å². The molecular weight excluding hydrogens is 271 g/mol. The summed E-state index contributed by atoms with van der Waals surface area (Å²) >= 11 is 0. The van der Waals surface area contributed by atoms with Gasteiger partial charge in [-0.25, -0.2) is 0 Å². The number of hydrogen-bond acceptors (Lipinski definition) is 3. The van der Waals surface area contributed by atoms with E-state index < -0.39 is 24.1 Å². The van der Waals surface area contributed by atoms with Crippen molar-refractivity contribution in [2.45, 2.75) is 77.6 Å². The number of unbranched alkanes of at least 4 members (excludes halogenated alkanes) is 3. The maximum Gasteiger partial charge on any atom is 0.404 e. The van der Waals surface area contributed by atoms with Crippen molar-refractivity contribution < 1.29 is 22.7 Å². The molecule has 120 valence electrons. The predicted molar refractivity (Wildman–Crippen MR) is 72.1 cm³/mol. The van der Waals surface area contributed by atoms with Crippen LogP contribution in [0.5, 0.6) is 0 Å². The van der Waals surface area contributed by atoms with Gasteiger partial charge in [0, 0.05) is 0 Å². The minimum absolute atomic E-state index is 0.121. The molecule has 0 amide bonds. The summed E-state index contributed by atoms with van der Waals surface area (Å²) in [7, 11) is 0. The van der Waals surface area contributed by atoms with E-state index in [9.17, 15) is 18.0 Å². The van der Waals surface area contributed by atoms with E-state index in [0.717, 1.165) is 19.3 Å². The van der Waals surface area contributed by atoms with Gasteiger partial charge < -0.3 is 10.5 Å². The molecule has 3 atom stereocenters. The highest BCUT2D eigenvalue weighted by atomic mass is 19.4. The molecule has 0 heterocycles. The first-order valence-electron chi connectivity index (χ1n) is 7.26. The average Bonchev–Trinajstić information content (AvgIpc) is 2.36. The number of hydrogen-bond donors (Lipinski definition) is 1. The number of carbonyl (C=O) groups is 1. The van der Waals surface area contributed by atoms with Crippen LogP contribution in [0.15, 0.2) is 0 Å². The average molecular weight is 297 g/mol. The van der Waals surface area contributed by atoms with Crippen molar-refractivity contribution in [1.29, 1.82) is 0 Å². The summed E-state index contributed by atoms with van der Waals surface area (Å²) in [4.78, 5) is 11.9. The van der Waals surface area contributed by atoms with Gasteiger partial charge in [0.25, 0.3) is 0 Å². The lowest BCUT2D eigenvalue weighted by atomic mass is 9.93. The Balaban J connectivity index is 4.65. The molecule has 1 unspecified atom stereocenters. The van der Waals surface area contributed by atoms with E-state index >= 15 is 0 Å². The molecular formula is C14H26F3NO2. The van der Waals surface area contributed by atoms with Crippen LogP contribution in [-0.2, 0) is 9.53 Å². The first kappa shape index (κ1) is 19.2. The zero-order valence-corrected chi connectivity index (χ0v) is 12.5. The molecule has 0 aromatic rings. The van der Waals surface area contributed by atoms with Crippen LogP contribution in [0.1, 0.15) is 59.3 Å². The Morgan fingerprint density at radius 1 is 1.20 bits per heavy atom. The molecule has 0 aromatic carbocycles. The van der Waals surface area contributed by atoms with E-state index in [2.05, 4.69) is 0 Å². The summed E-state index contributed by atoms with van der Waals surface area (Å²) in [5.41, 5.74) is 5.20. The van der Waals surface area contributed by atoms with Crippen molar-refractivity contribution in [2.75, 3.05) is 0 Å². The van der Waals surface area contributed by atoms with E-state index in [4.69, 9.17) is 10.5 Å². The van der Waals surface area contributed by atoms with E-state index in [1.807, 2.05) is 6.92 Å². The Morgan fingerprint density at radius 2 is 1.80 bits per heavy atom. The maximum atomic E-state index is 12.7. The first-order chi connectivity index (χ1) is 9.23. The summed E-state index contributed by atoms with van der Waals surface area (Å²) in [6.45, 7) is 5.47. The molecule has 0 fully saturated rings. The van der Waals surface area contributed by atoms with Gasteiger partial charge in [0.1, 0.15) is 6.04 Å². The number of esters is 1. The lowest BCUT2D eigenvalue weighted by molar-refractivity contribution is -0.179. The highest BCUT2D eigenvalue weighted by molar-refractivity contribution is 5.73. The van der Waals surface area contributed by atoms with Crippen LogP contribution in [0.3, 0.4) is 0 Å². The van der Waals surface area contributed by atoms with Gasteiger partial charge in [0.05, 0.1) is 12.0 Å². The number of ether oxygens (including phenoxy) is 1. The second-order valence-electron chi connectivity index (χ2n) is 5.18. The highest BCUT2D eigenvalue weighted by Crippen LogP contribution is 2.28. The molecule has 0 radical (unpaired) electrons. The van der Waals surface area contributed by atoms with Crippen LogP contribution in [0.25, 0.3) is 0 Å². The molecule has 0 aromatic heterocycles. The Hall–Kier alpha value is -0.780. The molecule has 0 rings (SSSR count). The Kier molecular flexibility index (Phi) is 8.85. The number of carbonyl (C=O) groups excluding carboxylic acids is 1. The van der Waals surface area contributed by atoms with Gasteiger partial charge >= 0.3 is 12.1 Å². The van der Waals surface area contributed by atoms with Gasteiger partial charge in [-0.1, -0.05) is 39.5 Å². The maximum absolute atomic E-state index is 12.7. The number of halogens is 3. The third kappa shape index (κ3) is 7.12. The minimum atomic E-state index is -4.58. The van der Waals surface area contributed by atoms with Crippen LogP contribution in [0.4, 0.5) is 13.2 Å². The summed E-state index contributed by atoms with van der Waals surface area (Å²) in [5.74, 6) is -2.14. The lowest BCUT2D eigenvalue weighted by Crippen LogP contribution is -2.47. The summed E-state index contributed by atoms with van der Waals surface area (Å²) in [6.07, 6.45) is -1.01. The lowest BCUT2D eigenvalue weighted by Gasteiger charge is -2.25. The topological polar surface area (TPSA) is 52.3 Å². The standard InChI is InChI=1S/C14H26F3NO2/c1-4-6-7-8-9-11(12(18)14(15,16)17)13(19)20-10(3)5-2/h10-12H,4-9,18H2,1-3H3/t10?,11-,12-/m1/s1. The Labute approximate surface area is 119 Å². The van der Waals surface area contributed by atoms with E-state index in [1.54, 1.807) is 13.8 Å². The molecule has 0 spiro atoms. The van der Waals surface area contributed by atoms with Crippen molar-refractivity contribution in [1.82, 2.24) is 0 Å². The molecule has 0 saturated carbocycles. The second-order valence-corrected chi connectivity index (χ2v) is 5.18. The molecule has 20 heavy (non-hydrogen) atoms. The van der Waals surface area contributed by atoms with Gasteiger partial charge in [-0.05, 0) is 19.8 Å². The van der Waals surface area contributed by atoms with Gasteiger partial charge in [0.15, 0.2) is 0 Å². The van der Waals surface area contributed by atoms with Gasteiger partial charge in [-0.3, -0.25) is 4.79 Å². The molecule has 6 heteroatoms. The molecule has 0 bridgehead atoms. The van der Waals surface area contributed by atoms with Crippen molar-refractivity contribution in [3.05, 3.63) is 0 Å². The molecule has 0 aliphatic carbocycles. The fourth-order valence-corrected chi connectivity index (χ4v) is 1.83. The summed E-state index contributed by atoms with van der Waals surface area (Å²) < 4.78 is 43.2. The summed E-state index contributed by atoms with van der Waals surface area (Å²) in [5, 5.41) is 0. The normalized spacial score (nSPS) is 16.6. The smallest absolute Gasteiger partial charge is 0.404 e. The zero-order valence-electron chi connectivity index (χ0n) is 12.5. The first-order valence-corrected chi connectivity index (χ1v) is 7.26. The van der Waals surface area contributed by atoms with E-state index in [1.165, 1.54) is 0 Å². The molecule has 2 N–H and O–H groups in total. The van der Waals surface area contributed by atoms with E-state index in [-0.39, 0.29) is 12.5 Å². The molecule has 0 aliphatic heterocycles. The quantitative estimate of drug-likeness (QED) is 0.520. The van der Waals surface area contributed by atoms with Crippen LogP contribution < -0.4 is 5.73 Å². The van der Waals surface area contributed by atoms with Crippen LogP contribution in [0, 0.1) is 5.92 Å². The summed E-state index contributed by atoms with van der Waals surface area (Å²) in [6, 6.07) is -2.15. The number of nitrogens with two attached hydrogens (primary N) is 1. The molecule has 3 nitrogen and oxygen atoms in total. The number of rotatable bonds is 9. The molecule has 0 saturated heterocycles. The fraction of sp³-hybridized carbons (Fsp3) is 0.929. The van der Waals surface area contributed by atoms with Gasteiger partial charge in [0.2, 0.25) is 0 Å². The van der Waals surface area contributed by atoms with Crippen molar-refractivity contribution in [3.63, 3.8) is 0 Å². The van der Waals surface area contributed by atoms with Crippen LogP contribution >= 0.6 is 0 Å². The third-order valence-corrected chi connectivity index (χ3v) is 3.38. The largest absolute Gasteiger partial charge is 0.462 e. The Bertz CT molecular complexity index is 282. The second kappa shape index (κ2) is 9.21. The minimum Gasteiger partial charge on any atom is -0.462 e. The SMILES string of the molecule is CCCCCC[C@@H](C(=O)OC(C)CC)[C@@H](N)C(F)(F)F. The third-order valence-electron chi connectivity index (χ3n) is 3.38. The molecule has 0 aliphatic rings. The van der Waals surface area contributed by atoms with Crippen molar-refractivity contribution in [3.8, 4) is 0 Å². The van der Waals surface area contributed by atoms with Gasteiger partial charge in [-0.15, -0.1) is 0 Å². The number of alkyl halides is 3. The monoisotopic (exact) mass is 297 g/mol. The van der Waals surface area contributed by atoms with Crippen LogP contribution in [-0.4, -0.2) is 24.3 Å². The van der Waals surface area contributed by atoms with E-state index in [0.29, 0.717) is 12.8 Å².